The molecule has 0 spiro atoms. The van der Waals surface area contributed by atoms with E-state index in [-0.39, 0.29) is 6.10 Å². The predicted molar refractivity (Wildman–Crippen MR) is 55.7 cm³/mol. The van der Waals surface area contributed by atoms with Crippen molar-refractivity contribution in [1.29, 1.82) is 0 Å². The van der Waals surface area contributed by atoms with E-state index in [1.165, 1.54) is 19.3 Å². The van der Waals surface area contributed by atoms with Crippen LogP contribution < -0.4 is 5.32 Å². The minimum Gasteiger partial charge on any atom is -0.392 e. The number of nitrogens with one attached hydrogen (secondary N) is 1. The minimum absolute atomic E-state index is 0.215. The molecule has 0 aromatic carbocycles. The second kappa shape index (κ2) is 4.97. The van der Waals surface area contributed by atoms with E-state index in [0.29, 0.717) is 6.04 Å². The van der Waals surface area contributed by atoms with Crippen molar-refractivity contribution in [3.63, 3.8) is 0 Å². The fraction of sp³-hybridized carbons (Fsp3) is 1.00. The molecule has 78 valence electrons. The number of hydrogen-bond donors (Lipinski definition) is 2. The summed E-state index contributed by atoms with van der Waals surface area (Å²) in [4.78, 5) is 0. The molecule has 1 aliphatic rings. The maximum Gasteiger partial charge on any atom is 0.0636 e. The van der Waals surface area contributed by atoms with Crippen LogP contribution >= 0.6 is 0 Å². The van der Waals surface area contributed by atoms with E-state index in [4.69, 9.17) is 5.11 Å². The van der Waals surface area contributed by atoms with Gasteiger partial charge in [0.1, 0.15) is 0 Å². The summed E-state index contributed by atoms with van der Waals surface area (Å²) in [6.45, 7) is 7.23. The Morgan fingerprint density at radius 2 is 1.77 bits per heavy atom. The van der Waals surface area contributed by atoms with Gasteiger partial charge in [0.05, 0.1) is 6.10 Å². The lowest BCUT2D eigenvalue weighted by Gasteiger charge is -2.32. The molecule has 1 rings (SSSR count). The van der Waals surface area contributed by atoms with E-state index in [2.05, 4.69) is 19.2 Å². The second-order valence-electron chi connectivity index (χ2n) is 4.87. The first kappa shape index (κ1) is 11.0. The predicted octanol–water partition coefficient (Wildman–Crippen LogP) is 1.78. The standard InChI is InChI=1S/C11H23NO/c1-8-4-9(2)6-11(5-8)12-7-10(3)13/h8-13H,4-7H2,1-3H3. The zero-order valence-corrected chi connectivity index (χ0v) is 9.09. The maximum absolute atomic E-state index is 9.15. The summed E-state index contributed by atoms with van der Waals surface area (Å²) in [7, 11) is 0. The van der Waals surface area contributed by atoms with Crippen LogP contribution in [0.25, 0.3) is 0 Å². The number of aliphatic hydroxyl groups is 1. The second-order valence-corrected chi connectivity index (χ2v) is 4.87. The average molecular weight is 185 g/mol. The molecule has 2 heteroatoms. The third kappa shape index (κ3) is 4.10. The van der Waals surface area contributed by atoms with Gasteiger partial charge in [0.15, 0.2) is 0 Å². The summed E-state index contributed by atoms with van der Waals surface area (Å²) >= 11 is 0. The van der Waals surface area contributed by atoms with Crippen molar-refractivity contribution in [2.45, 2.75) is 52.2 Å². The summed E-state index contributed by atoms with van der Waals surface area (Å²) in [5.74, 6) is 1.69. The smallest absolute Gasteiger partial charge is 0.0636 e. The molecule has 1 aliphatic carbocycles. The van der Waals surface area contributed by atoms with Crippen molar-refractivity contribution >= 4 is 0 Å². The van der Waals surface area contributed by atoms with Crippen molar-refractivity contribution in [1.82, 2.24) is 5.32 Å². The van der Waals surface area contributed by atoms with Crippen LogP contribution in [0.15, 0.2) is 0 Å². The van der Waals surface area contributed by atoms with E-state index >= 15 is 0 Å². The molecule has 3 atom stereocenters. The van der Waals surface area contributed by atoms with Crippen LogP contribution in [0.5, 0.6) is 0 Å². The normalized spacial score (nSPS) is 37.4. The highest BCUT2D eigenvalue weighted by Gasteiger charge is 2.23. The SMILES string of the molecule is CC(O)CNC1CC(C)CC(C)C1. The highest BCUT2D eigenvalue weighted by molar-refractivity contribution is 4.79. The molecular weight excluding hydrogens is 162 g/mol. The van der Waals surface area contributed by atoms with Gasteiger partial charge in [0, 0.05) is 12.6 Å². The van der Waals surface area contributed by atoms with Crippen molar-refractivity contribution < 1.29 is 5.11 Å². The van der Waals surface area contributed by atoms with Crippen LogP contribution in [0.4, 0.5) is 0 Å². The van der Waals surface area contributed by atoms with Crippen molar-refractivity contribution in [3.8, 4) is 0 Å². The molecule has 13 heavy (non-hydrogen) atoms. The molecule has 1 saturated carbocycles. The number of rotatable bonds is 3. The van der Waals surface area contributed by atoms with Crippen LogP contribution in [-0.4, -0.2) is 23.8 Å². The molecule has 0 aliphatic heterocycles. The van der Waals surface area contributed by atoms with Crippen molar-refractivity contribution in [2.24, 2.45) is 11.8 Å². The van der Waals surface area contributed by atoms with Crippen molar-refractivity contribution in [3.05, 3.63) is 0 Å². The van der Waals surface area contributed by atoms with Gasteiger partial charge in [0.25, 0.3) is 0 Å². The molecule has 2 N–H and O–H groups in total. The van der Waals surface area contributed by atoms with Crippen LogP contribution in [0, 0.1) is 11.8 Å². The first-order chi connectivity index (χ1) is 6.08. The Morgan fingerprint density at radius 3 is 2.23 bits per heavy atom. The number of hydrogen-bond acceptors (Lipinski definition) is 2. The van der Waals surface area contributed by atoms with Crippen LogP contribution in [0.2, 0.25) is 0 Å². The van der Waals surface area contributed by atoms with Gasteiger partial charge in [0.2, 0.25) is 0 Å². The van der Waals surface area contributed by atoms with Crippen LogP contribution in [-0.2, 0) is 0 Å². The van der Waals surface area contributed by atoms with E-state index in [0.717, 1.165) is 18.4 Å². The molecule has 0 aromatic heterocycles. The Labute approximate surface area is 81.7 Å². The summed E-state index contributed by atoms with van der Waals surface area (Å²) < 4.78 is 0. The molecule has 0 saturated heterocycles. The molecule has 0 aromatic rings. The third-order valence-corrected chi connectivity index (χ3v) is 2.88. The van der Waals surface area contributed by atoms with Crippen molar-refractivity contribution in [2.75, 3.05) is 6.54 Å². The fourth-order valence-corrected chi connectivity index (χ4v) is 2.45. The Bertz CT molecular complexity index is 137. The lowest BCUT2D eigenvalue weighted by molar-refractivity contribution is 0.168. The zero-order valence-electron chi connectivity index (χ0n) is 9.09. The Kier molecular flexibility index (Phi) is 4.20. The van der Waals surface area contributed by atoms with Crippen LogP contribution in [0.1, 0.15) is 40.0 Å². The molecule has 0 heterocycles. The van der Waals surface area contributed by atoms with Gasteiger partial charge in [-0.2, -0.15) is 0 Å². The summed E-state index contributed by atoms with van der Waals surface area (Å²) in [6, 6.07) is 0.633. The van der Waals surface area contributed by atoms with Crippen LogP contribution in [0.3, 0.4) is 0 Å². The molecule has 0 bridgehead atoms. The molecule has 2 nitrogen and oxygen atoms in total. The van der Waals surface area contributed by atoms with Gasteiger partial charge >= 0.3 is 0 Å². The summed E-state index contributed by atoms with van der Waals surface area (Å²) in [5, 5.41) is 12.6. The highest BCUT2D eigenvalue weighted by atomic mass is 16.3. The largest absolute Gasteiger partial charge is 0.392 e. The van der Waals surface area contributed by atoms with Gasteiger partial charge in [-0.1, -0.05) is 13.8 Å². The maximum atomic E-state index is 9.15. The molecule has 0 radical (unpaired) electrons. The molecular formula is C11H23NO. The van der Waals surface area contributed by atoms with Gasteiger partial charge < -0.3 is 10.4 Å². The fourth-order valence-electron chi connectivity index (χ4n) is 2.45. The number of aliphatic hydroxyl groups excluding tert-OH is 1. The van der Waals surface area contributed by atoms with E-state index < -0.39 is 0 Å². The van der Waals surface area contributed by atoms with Gasteiger partial charge in [-0.15, -0.1) is 0 Å². The van der Waals surface area contributed by atoms with E-state index in [9.17, 15) is 0 Å². The first-order valence-electron chi connectivity index (χ1n) is 5.49. The molecule has 3 unspecified atom stereocenters. The quantitative estimate of drug-likeness (QED) is 0.702. The lowest BCUT2D eigenvalue weighted by atomic mass is 9.80. The monoisotopic (exact) mass is 185 g/mol. The highest BCUT2D eigenvalue weighted by Crippen LogP contribution is 2.28. The summed E-state index contributed by atoms with van der Waals surface area (Å²) in [5.41, 5.74) is 0. The topological polar surface area (TPSA) is 32.3 Å². The average Bonchev–Trinajstić information content (AvgIpc) is 1.99. The minimum atomic E-state index is -0.215. The van der Waals surface area contributed by atoms with Gasteiger partial charge in [-0.3, -0.25) is 0 Å². The molecule has 1 fully saturated rings. The Morgan fingerprint density at radius 1 is 1.23 bits per heavy atom. The zero-order chi connectivity index (χ0) is 9.84. The third-order valence-electron chi connectivity index (χ3n) is 2.88. The Hall–Kier alpha value is -0.0800. The van der Waals surface area contributed by atoms with E-state index in [1.807, 2.05) is 6.92 Å². The Balaban J connectivity index is 2.25. The lowest BCUT2D eigenvalue weighted by Crippen LogP contribution is -2.39. The van der Waals surface area contributed by atoms with Gasteiger partial charge in [-0.05, 0) is 38.0 Å². The molecule has 0 amide bonds. The van der Waals surface area contributed by atoms with E-state index in [1.54, 1.807) is 0 Å². The van der Waals surface area contributed by atoms with Gasteiger partial charge in [-0.25, -0.2) is 0 Å². The summed E-state index contributed by atoms with van der Waals surface area (Å²) in [6.07, 6.45) is 3.70. The first-order valence-corrected chi connectivity index (χ1v) is 5.49.